The summed E-state index contributed by atoms with van der Waals surface area (Å²) in [4.78, 5) is 14.0. The molecule has 1 aliphatic rings. The van der Waals surface area contributed by atoms with Gasteiger partial charge in [-0.05, 0) is 44.5 Å². The third-order valence-electron chi connectivity index (χ3n) is 3.32. The van der Waals surface area contributed by atoms with Crippen molar-refractivity contribution in [2.24, 2.45) is 0 Å². The van der Waals surface area contributed by atoms with Crippen LogP contribution in [0.4, 0.5) is 15.8 Å². The normalized spacial score (nSPS) is 20.0. The maximum absolute atomic E-state index is 13.0. The molecule has 1 fully saturated rings. The van der Waals surface area contributed by atoms with Crippen LogP contribution in [-0.2, 0) is 4.79 Å². The predicted octanol–water partition coefficient (Wildman–Crippen LogP) is 1.83. The Morgan fingerprint density at radius 3 is 3.00 bits per heavy atom. The zero-order valence-corrected chi connectivity index (χ0v) is 10.4. The number of rotatable bonds is 3. The second-order valence-corrected chi connectivity index (χ2v) is 4.75. The molecule has 4 nitrogen and oxygen atoms in total. The quantitative estimate of drug-likeness (QED) is 0.806. The highest BCUT2D eigenvalue weighted by Crippen LogP contribution is 2.18. The minimum atomic E-state index is -0.471. The first-order valence-electron chi connectivity index (χ1n) is 6.15. The number of hydrogen-bond donors (Lipinski definition) is 2. The van der Waals surface area contributed by atoms with Gasteiger partial charge in [-0.15, -0.1) is 0 Å². The fourth-order valence-corrected chi connectivity index (χ4v) is 2.23. The van der Waals surface area contributed by atoms with E-state index in [4.69, 9.17) is 5.73 Å². The average molecular weight is 251 g/mol. The number of anilines is 2. The molecule has 0 bridgehead atoms. The summed E-state index contributed by atoms with van der Waals surface area (Å²) in [5, 5.41) is 2.73. The molecule has 1 atom stereocenters. The van der Waals surface area contributed by atoms with Crippen molar-refractivity contribution in [3.8, 4) is 0 Å². The zero-order chi connectivity index (χ0) is 13.1. The standard InChI is InChI=1S/C13H18FN3O/c1-9-3-2-6-17(9)8-13(18)16-10-4-5-11(14)12(15)7-10/h4-5,7,9H,2-3,6,8,15H2,1H3,(H,16,18). The first-order valence-corrected chi connectivity index (χ1v) is 6.15. The first kappa shape index (κ1) is 12.8. The number of likely N-dealkylation sites (tertiary alicyclic amines) is 1. The Morgan fingerprint density at radius 2 is 2.39 bits per heavy atom. The summed E-state index contributed by atoms with van der Waals surface area (Å²) >= 11 is 0. The minimum Gasteiger partial charge on any atom is -0.396 e. The average Bonchev–Trinajstić information content (AvgIpc) is 2.70. The van der Waals surface area contributed by atoms with Gasteiger partial charge < -0.3 is 11.1 Å². The molecule has 1 aliphatic heterocycles. The van der Waals surface area contributed by atoms with Crippen molar-refractivity contribution in [1.29, 1.82) is 0 Å². The van der Waals surface area contributed by atoms with Crippen LogP contribution in [0.2, 0.25) is 0 Å². The van der Waals surface area contributed by atoms with Gasteiger partial charge in [0.25, 0.3) is 0 Å². The van der Waals surface area contributed by atoms with Gasteiger partial charge in [0.05, 0.1) is 12.2 Å². The predicted molar refractivity (Wildman–Crippen MR) is 69.7 cm³/mol. The Kier molecular flexibility index (Phi) is 3.81. The van der Waals surface area contributed by atoms with Crippen molar-refractivity contribution >= 4 is 17.3 Å². The van der Waals surface area contributed by atoms with Gasteiger partial charge in [0.15, 0.2) is 0 Å². The van der Waals surface area contributed by atoms with Crippen LogP contribution in [0.5, 0.6) is 0 Å². The number of nitrogens with two attached hydrogens (primary N) is 1. The number of nitrogens with one attached hydrogen (secondary N) is 1. The third-order valence-corrected chi connectivity index (χ3v) is 3.32. The summed E-state index contributed by atoms with van der Waals surface area (Å²) < 4.78 is 13.0. The number of halogens is 1. The molecule has 1 saturated heterocycles. The monoisotopic (exact) mass is 251 g/mol. The molecule has 3 N–H and O–H groups in total. The van der Waals surface area contributed by atoms with Crippen LogP contribution in [0.1, 0.15) is 19.8 Å². The second-order valence-electron chi connectivity index (χ2n) is 4.75. The first-order chi connectivity index (χ1) is 8.56. The number of benzene rings is 1. The molecule has 1 aromatic rings. The van der Waals surface area contributed by atoms with Gasteiger partial charge in [-0.3, -0.25) is 9.69 Å². The molecule has 1 aromatic carbocycles. The molecule has 98 valence electrons. The highest BCUT2D eigenvalue weighted by atomic mass is 19.1. The van der Waals surface area contributed by atoms with Crippen molar-refractivity contribution in [3.63, 3.8) is 0 Å². The molecule has 0 aromatic heterocycles. The maximum Gasteiger partial charge on any atom is 0.238 e. The smallest absolute Gasteiger partial charge is 0.238 e. The van der Waals surface area contributed by atoms with Gasteiger partial charge in [-0.2, -0.15) is 0 Å². The maximum atomic E-state index is 13.0. The lowest BCUT2D eigenvalue weighted by atomic mass is 10.2. The lowest BCUT2D eigenvalue weighted by Gasteiger charge is -2.20. The lowest BCUT2D eigenvalue weighted by Crippen LogP contribution is -2.35. The molecule has 0 radical (unpaired) electrons. The van der Waals surface area contributed by atoms with E-state index in [1.54, 1.807) is 0 Å². The van der Waals surface area contributed by atoms with E-state index < -0.39 is 5.82 Å². The van der Waals surface area contributed by atoms with Crippen LogP contribution in [-0.4, -0.2) is 29.9 Å². The van der Waals surface area contributed by atoms with Crippen LogP contribution in [0.25, 0.3) is 0 Å². The number of carbonyl (C=O) groups excluding carboxylic acids is 1. The van der Waals surface area contributed by atoms with Gasteiger partial charge in [-0.1, -0.05) is 0 Å². The summed E-state index contributed by atoms with van der Waals surface area (Å²) in [6, 6.07) is 4.65. The van der Waals surface area contributed by atoms with E-state index in [2.05, 4.69) is 17.1 Å². The SMILES string of the molecule is CC1CCCN1CC(=O)Nc1ccc(F)c(N)c1. The second kappa shape index (κ2) is 5.35. The number of carbonyl (C=O) groups is 1. The van der Waals surface area contributed by atoms with Crippen molar-refractivity contribution in [1.82, 2.24) is 4.90 Å². The van der Waals surface area contributed by atoms with Crippen LogP contribution >= 0.6 is 0 Å². The number of nitrogens with zero attached hydrogens (tertiary/aromatic N) is 1. The highest BCUT2D eigenvalue weighted by Gasteiger charge is 2.22. The minimum absolute atomic E-state index is 0.0438. The number of hydrogen-bond acceptors (Lipinski definition) is 3. The Balaban J connectivity index is 1.92. The summed E-state index contributed by atoms with van der Waals surface area (Å²) in [6.45, 7) is 3.45. The van der Waals surface area contributed by atoms with Gasteiger partial charge in [0.1, 0.15) is 5.82 Å². The Hall–Kier alpha value is -1.62. The Labute approximate surface area is 106 Å². The van der Waals surface area contributed by atoms with Gasteiger partial charge >= 0.3 is 0 Å². The van der Waals surface area contributed by atoms with Gasteiger partial charge in [-0.25, -0.2) is 4.39 Å². The molecular formula is C13H18FN3O. The molecule has 18 heavy (non-hydrogen) atoms. The molecule has 0 spiro atoms. The Morgan fingerprint density at radius 1 is 1.61 bits per heavy atom. The van der Waals surface area contributed by atoms with Crippen LogP contribution in [0.3, 0.4) is 0 Å². The van der Waals surface area contributed by atoms with E-state index in [0.717, 1.165) is 19.4 Å². The molecule has 1 amide bonds. The van der Waals surface area contributed by atoms with E-state index >= 15 is 0 Å². The van der Waals surface area contributed by atoms with Gasteiger partial charge in [0.2, 0.25) is 5.91 Å². The molecule has 5 heteroatoms. The zero-order valence-electron chi connectivity index (χ0n) is 10.4. The molecule has 0 saturated carbocycles. The van der Waals surface area contributed by atoms with E-state index in [-0.39, 0.29) is 11.6 Å². The van der Waals surface area contributed by atoms with E-state index in [1.807, 2.05) is 0 Å². The van der Waals surface area contributed by atoms with E-state index in [0.29, 0.717) is 18.3 Å². The summed E-state index contributed by atoms with van der Waals surface area (Å²) in [5.74, 6) is -0.559. The van der Waals surface area contributed by atoms with E-state index in [1.165, 1.54) is 18.2 Å². The largest absolute Gasteiger partial charge is 0.396 e. The molecule has 1 heterocycles. The molecule has 2 rings (SSSR count). The fourth-order valence-electron chi connectivity index (χ4n) is 2.23. The summed E-state index contributed by atoms with van der Waals surface area (Å²) in [7, 11) is 0. The van der Waals surface area contributed by atoms with Crippen LogP contribution < -0.4 is 11.1 Å². The van der Waals surface area contributed by atoms with Crippen LogP contribution in [0, 0.1) is 5.82 Å². The summed E-state index contributed by atoms with van der Waals surface area (Å²) in [6.07, 6.45) is 2.27. The van der Waals surface area contributed by atoms with Gasteiger partial charge in [0, 0.05) is 11.7 Å². The topological polar surface area (TPSA) is 58.4 Å². The molecule has 1 unspecified atom stereocenters. The van der Waals surface area contributed by atoms with Crippen molar-refractivity contribution in [2.45, 2.75) is 25.8 Å². The molecule has 0 aliphatic carbocycles. The third kappa shape index (κ3) is 2.98. The van der Waals surface area contributed by atoms with Crippen LogP contribution in [0.15, 0.2) is 18.2 Å². The number of amides is 1. The highest BCUT2D eigenvalue weighted by molar-refractivity contribution is 5.92. The van der Waals surface area contributed by atoms with Crippen molar-refractivity contribution in [2.75, 3.05) is 24.1 Å². The lowest BCUT2D eigenvalue weighted by molar-refractivity contribution is -0.117. The van der Waals surface area contributed by atoms with E-state index in [9.17, 15) is 9.18 Å². The van der Waals surface area contributed by atoms with Crippen molar-refractivity contribution in [3.05, 3.63) is 24.0 Å². The number of nitrogen functional groups attached to an aromatic ring is 1. The van der Waals surface area contributed by atoms with Crippen molar-refractivity contribution < 1.29 is 9.18 Å². The molecular weight excluding hydrogens is 233 g/mol. The fraction of sp³-hybridized carbons (Fsp3) is 0.462. The summed E-state index contributed by atoms with van der Waals surface area (Å²) in [5.41, 5.74) is 6.02. The Bertz CT molecular complexity index is 450.